The van der Waals surface area contributed by atoms with Crippen LogP contribution >= 0.6 is 12.2 Å². The van der Waals surface area contributed by atoms with E-state index in [4.69, 9.17) is 23.1 Å². The molecule has 0 aromatic heterocycles. The van der Waals surface area contributed by atoms with E-state index in [0.29, 0.717) is 30.5 Å². The van der Waals surface area contributed by atoms with E-state index in [-0.39, 0.29) is 12.5 Å². The molecule has 0 aromatic rings. The zero-order chi connectivity index (χ0) is 14.3. The lowest BCUT2D eigenvalue weighted by atomic mass is 10.1. The van der Waals surface area contributed by atoms with Gasteiger partial charge >= 0.3 is 0 Å². The van der Waals surface area contributed by atoms with E-state index in [2.05, 4.69) is 4.90 Å². The molecule has 1 aliphatic rings. The lowest BCUT2D eigenvalue weighted by Crippen LogP contribution is -2.41. The number of likely N-dealkylation sites (N-methyl/N-ethyl adjacent to an activating group) is 1. The first-order valence-corrected chi connectivity index (χ1v) is 7.32. The van der Waals surface area contributed by atoms with Crippen LogP contribution in [-0.2, 0) is 4.79 Å². The number of likely N-dealkylation sites (tertiary alicyclic amines) is 1. The van der Waals surface area contributed by atoms with Crippen molar-refractivity contribution < 1.29 is 9.90 Å². The molecule has 0 radical (unpaired) electrons. The SMILES string of the molecule is CN(CCC(N)=S)C(=O)CN1CCCC1CCCO. The number of hydrogen-bond donors (Lipinski definition) is 2. The quantitative estimate of drug-likeness (QED) is 0.631. The van der Waals surface area contributed by atoms with E-state index in [1.165, 1.54) is 0 Å². The minimum Gasteiger partial charge on any atom is -0.396 e. The first kappa shape index (κ1) is 16.3. The van der Waals surface area contributed by atoms with Gasteiger partial charge in [0.05, 0.1) is 11.5 Å². The number of rotatable bonds is 8. The number of aliphatic hydroxyl groups excluding tert-OH is 1. The van der Waals surface area contributed by atoms with Crippen molar-refractivity contribution in [3.05, 3.63) is 0 Å². The van der Waals surface area contributed by atoms with Crippen molar-refractivity contribution >= 4 is 23.1 Å². The highest BCUT2D eigenvalue weighted by atomic mass is 32.1. The van der Waals surface area contributed by atoms with Crippen LogP contribution in [0.5, 0.6) is 0 Å². The number of aliphatic hydroxyl groups is 1. The van der Waals surface area contributed by atoms with Crippen LogP contribution in [0.1, 0.15) is 32.1 Å². The predicted molar refractivity (Wildman–Crippen MR) is 80.0 cm³/mol. The molecular formula is C13H25N3O2S. The standard InChI is InChI=1S/C13H25N3O2S/c1-15(8-6-12(14)19)13(18)10-16-7-2-4-11(16)5-3-9-17/h11,17H,2-10H2,1H3,(H2,14,19). The van der Waals surface area contributed by atoms with Crippen LogP contribution in [0.2, 0.25) is 0 Å². The summed E-state index contributed by atoms with van der Waals surface area (Å²) in [5.41, 5.74) is 5.44. The molecule has 1 aliphatic heterocycles. The molecule has 1 fully saturated rings. The summed E-state index contributed by atoms with van der Waals surface area (Å²) in [6.45, 7) is 2.25. The number of amides is 1. The summed E-state index contributed by atoms with van der Waals surface area (Å²) in [6.07, 6.45) is 4.63. The van der Waals surface area contributed by atoms with Gasteiger partial charge in [0.15, 0.2) is 0 Å². The van der Waals surface area contributed by atoms with E-state index < -0.39 is 0 Å². The third-order valence-corrected chi connectivity index (χ3v) is 3.86. The maximum Gasteiger partial charge on any atom is 0.236 e. The highest BCUT2D eigenvalue weighted by Gasteiger charge is 2.26. The van der Waals surface area contributed by atoms with Crippen LogP contribution in [0.4, 0.5) is 0 Å². The van der Waals surface area contributed by atoms with Gasteiger partial charge in [-0.2, -0.15) is 0 Å². The fraction of sp³-hybridized carbons (Fsp3) is 0.846. The summed E-state index contributed by atoms with van der Waals surface area (Å²) in [4.78, 5) is 16.5. The Balaban J connectivity index is 2.35. The molecule has 0 aliphatic carbocycles. The molecule has 5 nitrogen and oxygen atoms in total. The molecular weight excluding hydrogens is 262 g/mol. The van der Waals surface area contributed by atoms with E-state index in [1.54, 1.807) is 11.9 Å². The first-order chi connectivity index (χ1) is 9.04. The van der Waals surface area contributed by atoms with Gasteiger partial charge in [-0.1, -0.05) is 12.2 Å². The molecule has 3 N–H and O–H groups in total. The van der Waals surface area contributed by atoms with Crippen molar-refractivity contribution in [2.75, 3.05) is 33.3 Å². The Hall–Kier alpha value is -0.720. The van der Waals surface area contributed by atoms with Crippen molar-refractivity contribution in [1.29, 1.82) is 0 Å². The number of nitrogens with zero attached hydrogens (tertiary/aromatic N) is 2. The summed E-state index contributed by atoms with van der Waals surface area (Å²) in [5.74, 6) is 0.118. The van der Waals surface area contributed by atoms with Gasteiger partial charge in [0, 0.05) is 32.7 Å². The Bertz CT molecular complexity index is 312. The van der Waals surface area contributed by atoms with Crippen molar-refractivity contribution in [2.45, 2.75) is 38.1 Å². The maximum absolute atomic E-state index is 12.1. The summed E-state index contributed by atoms with van der Waals surface area (Å²) in [6, 6.07) is 0.445. The fourth-order valence-electron chi connectivity index (χ4n) is 2.45. The minimum absolute atomic E-state index is 0.118. The molecule has 0 aromatic carbocycles. The topological polar surface area (TPSA) is 69.8 Å². The van der Waals surface area contributed by atoms with Gasteiger partial charge in [-0.25, -0.2) is 0 Å². The average Bonchev–Trinajstić information content (AvgIpc) is 2.80. The third-order valence-electron chi connectivity index (χ3n) is 3.65. The number of nitrogens with two attached hydrogens (primary N) is 1. The van der Waals surface area contributed by atoms with Gasteiger partial charge in [0.25, 0.3) is 0 Å². The molecule has 1 heterocycles. The fourth-order valence-corrected chi connectivity index (χ4v) is 2.55. The third kappa shape index (κ3) is 5.84. The molecule has 19 heavy (non-hydrogen) atoms. The molecule has 1 atom stereocenters. The van der Waals surface area contributed by atoms with E-state index in [1.807, 2.05) is 0 Å². The normalized spacial score (nSPS) is 19.6. The van der Waals surface area contributed by atoms with Crippen LogP contribution in [-0.4, -0.2) is 65.1 Å². The second-order valence-electron chi connectivity index (χ2n) is 5.16. The van der Waals surface area contributed by atoms with Gasteiger partial charge in [-0.3, -0.25) is 9.69 Å². The van der Waals surface area contributed by atoms with Gasteiger partial charge in [-0.05, 0) is 32.2 Å². The van der Waals surface area contributed by atoms with Crippen molar-refractivity contribution in [3.63, 3.8) is 0 Å². The predicted octanol–water partition coefficient (Wildman–Crippen LogP) is 0.358. The molecule has 1 saturated heterocycles. The summed E-state index contributed by atoms with van der Waals surface area (Å²) in [5, 5.41) is 8.89. The van der Waals surface area contributed by atoms with Gasteiger partial charge in [0.2, 0.25) is 5.91 Å². The van der Waals surface area contributed by atoms with Gasteiger partial charge < -0.3 is 15.7 Å². The molecule has 6 heteroatoms. The maximum atomic E-state index is 12.1. The van der Waals surface area contributed by atoms with Crippen molar-refractivity contribution in [1.82, 2.24) is 9.80 Å². The smallest absolute Gasteiger partial charge is 0.236 e. The second kappa shape index (κ2) is 8.45. The van der Waals surface area contributed by atoms with Gasteiger partial charge in [-0.15, -0.1) is 0 Å². The average molecular weight is 287 g/mol. The summed E-state index contributed by atoms with van der Waals surface area (Å²) in [7, 11) is 1.79. The van der Waals surface area contributed by atoms with Crippen LogP contribution in [0, 0.1) is 0 Å². The van der Waals surface area contributed by atoms with Crippen molar-refractivity contribution in [3.8, 4) is 0 Å². The van der Waals surface area contributed by atoms with Crippen LogP contribution < -0.4 is 5.73 Å². The number of hydrogen-bond acceptors (Lipinski definition) is 4. The molecule has 1 amide bonds. The summed E-state index contributed by atoms with van der Waals surface area (Å²) >= 11 is 4.82. The molecule has 0 bridgehead atoms. The van der Waals surface area contributed by atoms with Crippen LogP contribution in [0.15, 0.2) is 0 Å². The number of thiocarbonyl (C=S) groups is 1. The molecule has 1 rings (SSSR count). The Morgan fingerprint density at radius 1 is 1.58 bits per heavy atom. The van der Waals surface area contributed by atoms with Crippen molar-refractivity contribution in [2.24, 2.45) is 5.73 Å². The molecule has 0 spiro atoms. The molecule has 1 unspecified atom stereocenters. The van der Waals surface area contributed by atoms with Crippen LogP contribution in [0.25, 0.3) is 0 Å². The summed E-state index contributed by atoms with van der Waals surface area (Å²) < 4.78 is 0. The minimum atomic E-state index is 0.118. The zero-order valence-electron chi connectivity index (χ0n) is 11.7. The molecule has 0 saturated carbocycles. The lowest BCUT2D eigenvalue weighted by Gasteiger charge is -2.26. The van der Waals surface area contributed by atoms with E-state index in [0.717, 1.165) is 32.2 Å². The largest absolute Gasteiger partial charge is 0.396 e. The van der Waals surface area contributed by atoms with E-state index >= 15 is 0 Å². The Morgan fingerprint density at radius 3 is 2.95 bits per heavy atom. The monoisotopic (exact) mass is 287 g/mol. The highest BCUT2D eigenvalue weighted by Crippen LogP contribution is 2.20. The highest BCUT2D eigenvalue weighted by molar-refractivity contribution is 7.80. The molecule has 110 valence electrons. The van der Waals surface area contributed by atoms with E-state index in [9.17, 15) is 4.79 Å². The first-order valence-electron chi connectivity index (χ1n) is 6.91. The van der Waals surface area contributed by atoms with Crippen LogP contribution in [0.3, 0.4) is 0 Å². The Labute approximate surface area is 120 Å². The second-order valence-corrected chi connectivity index (χ2v) is 5.69. The Kier molecular flexibility index (Phi) is 7.27. The Morgan fingerprint density at radius 2 is 2.32 bits per heavy atom. The zero-order valence-corrected chi connectivity index (χ0v) is 12.5. The number of carbonyl (C=O) groups excluding carboxylic acids is 1. The lowest BCUT2D eigenvalue weighted by molar-refractivity contribution is -0.131. The number of carbonyl (C=O) groups is 1. The van der Waals surface area contributed by atoms with Gasteiger partial charge in [0.1, 0.15) is 0 Å².